The minimum Gasteiger partial charge on any atom is -0.469 e. The number of anilines is 2. The topological polar surface area (TPSA) is 121 Å². The Morgan fingerprint density at radius 3 is 2.15 bits per heavy atom. The van der Waals surface area contributed by atoms with E-state index in [1.54, 1.807) is 48.5 Å². The van der Waals surface area contributed by atoms with Crippen molar-refractivity contribution in [3.8, 4) is 0 Å². The molecule has 2 N–H and O–H groups in total. The van der Waals surface area contributed by atoms with E-state index >= 15 is 0 Å². The predicted octanol–water partition coefficient (Wildman–Crippen LogP) is 9.03. The molecule has 2 amide bonds. The number of allylic oxidation sites excluding steroid dienone is 4. The largest absolute Gasteiger partial charge is 0.469 e. The molecule has 2 heterocycles. The molecule has 284 valence electrons. The second-order valence-corrected chi connectivity index (χ2v) is 14.3. The molecule has 2 aromatic rings. The molecule has 2 aromatic carbocycles. The summed E-state index contributed by atoms with van der Waals surface area (Å²) in [5.74, 6) is 0.719. The van der Waals surface area contributed by atoms with Crippen LogP contribution in [0.25, 0.3) is 0 Å². The van der Waals surface area contributed by atoms with Gasteiger partial charge in [0.05, 0.1) is 31.8 Å². The summed E-state index contributed by atoms with van der Waals surface area (Å²) in [7, 11) is 1.31. The summed E-state index contributed by atoms with van der Waals surface area (Å²) in [5, 5.41) is 5.47. The first kappa shape index (κ1) is 39.5. The Kier molecular flexibility index (Phi) is 14.1. The van der Waals surface area contributed by atoms with E-state index in [1.807, 2.05) is 18.2 Å². The Morgan fingerprint density at radius 2 is 1.53 bits per heavy atom. The highest BCUT2D eigenvalue weighted by atomic mass is 16.6. The molecule has 0 unspecified atom stereocenters. The highest BCUT2D eigenvalue weighted by Gasteiger charge is 2.46. The van der Waals surface area contributed by atoms with Crippen molar-refractivity contribution in [1.82, 2.24) is 0 Å². The van der Waals surface area contributed by atoms with Gasteiger partial charge in [-0.1, -0.05) is 93.6 Å². The Bertz CT molecular complexity index is 1650. The fourth-order valence-electron chi connectivity index (χ4n) is 7.12. The third-order valence-electron chi connectivity index (χ3n) is 10.3. The predicted molar refractivity (Wildman–Crippen MR) is 205 cm³/mol. The number of carbonyl (C=O) groups is 3. The number of para-hydroxylation sites is 2. The average Bonchev–Trinajstić information content (AvgIpc) is 3.78. The lowest BCUT2D eigenvalue weighted by atomic mass is 9.95. The zero-order valence-electron chi connectivity index (χ0n) is 31.6. The molecule has 1 saturated carbocycles. The van der Waals surface area contributed by atoms with Gasteiger partial charge < -0.3 is 23.7 Å². The van der Waals surface area contributed by atoms with Crippen LogP contribution in [0.1, 0.15) is 60.3 Å². The maximum Gasteiger partial charge on any atom is 0.412 e. The molecule has 2 fully saturated rings. The van der Waals surface area contributed by atoms with Gasteiger partial charge >= 0.3 is 18.2 Å². The van der Waals surface area contributed by atoms with Crippen LogP contribution in [-0.2, 0) is 28.5 Å². The van der Waals surface area contributed by atoms with E-state index < -0.39 is 42.6 Å². The zero-order chi connectivity index (χ0) is 37.9. The summed E-state index contributed by atoms with van der Waals surface area (Å²) in [6.45, 7) is 10.8. The minimum absolute atomic E-state index is 0.0547. The molecule has 1 saturated heterocycles. The van der Waals surface area contributed by atoms with Crippen LogP contribution >= 0.6 is 0 Å². The standard InChI is InChI=1S/C43H54N2O8/c1-7-36-28(3)19-22-37(51-36)29(4)24-27(2)18-20-34-30(5)35(34)21-23-38-41(53-43(48)45-32-16-12-9-13-17-32)39(25-33(50-38)26-40(46)49-6)52-42(47)44-31-14-10-8-11-15-31/h8-21,23-24,27,30,33-39,41H,7,22,25-26H2,1-6H3,(H,44,47)(H,45,48)/b20-18+,23-21+,29-24+/t27-,30-,33+,34+,35+,36-,37-,38+,39+,41+/m1/s1. The number of carbonyl (C=O) groups excluding carboxylic acids is 3. The summed E-state index contributed by atoms with van der Waals surface area (Å²) in [6.07, 6.45) is 10.5. The highest BCUT2D eigenvalue weighted by Crippen LogP contribution is 2.48. The number of nitrogens with one attached hydrogen (secondary N) is 2. The van der Waals surface area contributed by atoms with E-state index in [9.17, 15) is 14.4 Å². The molecule has 1 aliphatic carbocycles. The molecule has 0 aromatic heterocycles. The van der Waals surface area contributed by atoms with Crippen LogP contribution in [0.5, 0.6) is 0 Å². The first-order chi connectivity index (χ1) is 25.5. The van der Waals surface area contributed by atoms with Crippen LogP contribution in [0.4, 0.5) is 21.0 Å². The number of hydrogen-bond acceptors (Lipinski definition) is 8. The Labute approximate surface area is 313 Å². The van der Waals surface area contributed by atoms with Crippen molar-refractivity contribution in [3.63, 3.8) is 0 Å². The molecule has 0 radical (unpaired) electrons. The van der Waals surface area contributed by atoms with E-state index in [-0.39, 0.29) is 36.9 Å². The molecular weight excluding hydrogens is 672 g/mol. The van der Waals surface area contributed by atoms with Crippen LogP contribution in [-0.4, -0.2) is 61.9 Å². The van der Waals surface area contributed by atoms with Crippen molar-refractivity contribution >= 4 is 29.5 Å². The zero-order valence-corrected chi connectivity index (χ0v) is 31.6. The number of benzene rings is 2. The molecule has 3 aliphatic rings. The van der Waals surface area contributed by atoms with Crippen molar-refractivity contribution in [1.29, 1.82) is 0 Å². The van der Waals surface area contributed by atoms with Gasteiger partial charge in [-0.05, 0) is 85.8 Å². The third kappa shape index (κ3) is 11.4. The summed E-state index contributed by atoms with van der Waals surface area (Å²) in [4.78, 5) is 38.7. The van der Waals surface area contributed by atoms with E-state index in [0.717, 1.165) is 12.8 Å². The van der Waals surface area contributed by atoms with Crippen LogP contribution in [0.2, 0.25) is 0 Å². The van der Waals surface area contributed by atoms with E-state index in [0.29, 0.717) is 23.2 Å². The number of rotatable bonds is 13. The number of hydrogen-bond donors (Lipinski definition) is 2. The lowest BCUT2D eigenvalue weighted by molar-refractivity contribution is -0.164. The minimum atomic E-state index is -1.01. The second kappa shape index (κ2) is 18.9. The average molecular weight is 727 g/mol. The SMILES string of the molecule is CC[C@H]1O[C@@H](/C(C)=C/[C@H](C)/C=C/[C@H]2[C@@H](C)[C@@H]2/C=C/[C@@H]2O[C@H](CC(=O)OC)C[C@H](OC(=O)Nc3ccccc3)[C@H]2OC(=O)Nc2ccccc2)CC=C1C. The van der Waals surface area contributed by atoms with Gasteiger partial charge in [0, 0.05) is 17.8 Å². The summed E-state index contributed by atoms with van der Waals surface area (Å²) in [5.41, 5.74) is 3.66. The molecule has 2 aliphatic heterocycles. The monoisotopic (exact) mass is 726 g/mol. The fourth-order valence-corrected chi connectivity index (χ4v) is 7.12. The molecule has 5 rings (SSSR count). The van der Waals surface area contributed by atoms with Crippen LogP contribution in [0.15, 0.2) is 108 Å². The van der Waals surface area contributed by atoms with Gasteiger partial charge in [-0.25, -0.2) is 9.59 Å². The Balaban J connectivity index is 1.30. The Morgan fingerprint density at radius 1 is 0.906 bits per heavy atom. The lowest BCUT2D eigenvalue weighted by Gasteiger charge is -2.39. The van der Waals surface area contributed by atoms with Crippen molar-refractivity contribution in [2.45, 2.75) is 96.9 Å². The maximum atomic E-state index is 13.2. The van der Waals surface area contributed by atoms with Gasteiger partial charge in [-0.2, -0.15) is 0 Å². The normalized spacial score (nSPS) is 29.2. The van der Waals surface area contributed by atoms with Gasteiger partial charge in [0.2, 0.25) is 0 Å². The van der Waals surface area contributed by atoms with Crippen molar-refractivity contribution in [3.05, 3.63) is 108 Å². The van der Waals surface area contributed by atoms with Gasteiger partial charge in [-0.15, -0.1) is 0 Å². The van der Waals surface area contributed by atoms with Crippen molar-refractivity contribution in [2.75, 3.05) is 17.7 Å². The van der Waals surface area contributed by atoms with Crippen LogP contribution < -0.4 is 10.6 Å². The molecule has 0 bridgehead atoms. The molecule has 53 heavy (non-hydrogen) atoms. The van der Waals surface area contributed by atoms with Crippen LogP contribution in [0.3, 0.4) is 0 Å². The third-order valence-corrected chi connectivity index (χ3v) is 10.3. The first-order valence-electron chi connectivity index (χ1n) is 18.7. The highest BCUT2D eigenvalue weighted by molar-refractivity contribution is 5.85. The summed E-state index contributed by atoms with van der Waals surface area (Å²) < 4.78 is 29.5. The molecule has 0 spiro atoms. The number of esters is 1. The van der Waals surface area contributed by atoms with Gasteiger partial charge in [-0.3, -0.25) is 15.4 Å². The van der Waals surface area contributed by atoms with E-state index in [2.05, 4.69) is 75.6 Å². The van der Waals surface area contributed by atoms with E-state index in [1.165, 1.54) is 18.3 Å². The molecular formula is C43H54N2O8. The number of methoxy groups -OCH3 is 1. The Hall–Kier alpha value is -4.67. The first-order valence-corrected chi connectivity index (χ1v) is 18.7. The smallest absolute Gasteiger partial charge is 0.412 e. The van der Waals surface area contributed by atoms with Gasteiger partial charge in [0.1, 0.15) is 12.2 Å². The number of ether oxygens (including phenoxy) is 5. The van der Waals surface area contributed by atoms with Crippen molar-refractivity contribution < 1.29 is 38.1 Å². The van der Waals surface area contributed by atoms with Crippen LogP contribution in [0, 0.1) is 23.7 Å². The molecule has 10 atom stereocenters. The molecule has 10 nitrogen and oxygen atoms in total. The maximum absolute atomic E-state index is 13.2. The summed E-state index contributed by atoms with van der Waals surface area (Å²) >= 11 is 0. The van der Waals surface area contributed by atoms with Gasteiger partial charge in [0.15, 0.2) is 6.10 Å². The lowest BCUT2D eigenvalue weighted by Crippen LogP contribution is -2.52. The van der Waals surface area contributed by atoms with Gasteiger partial charge in [0.25, 0.3) is 0 Å². The number of amides is 2. The molecule has 10 heteroatoms. The fraction of sp³-hybridized carbons (Fsp3) is 0.465. The van der Waals surface area contributed by atoms with E-state index in [4.69, 9.17) is 23.7 Å². The second-order valence-electron chi connectivity index (χ2n) is 14.3. The van der Waals surface area contributed by atoms with Crippen molar-refractivity contribution in [2.24, 2.45) is 23.7 Å². The quantitative estimate of drug-likeness (QED) is 0.119. The summed E-state index contributed by atoms with van der Waals surface area (Å²) in [6, 6.07) is 17.8.